The molecule has 0 N–H and O–H groups in total. The van der Waals surface area contributed by atoms with Gasteiger partial charge in [0.25, 0.3) is 0 Å². The summed E-state index contributed by atoms with van der Waals surface area (Å²) < 4.78 is 15.7. The van der Waals surface area contributed by atoms with Crippen molar-refractivity contribution in [1.82, 2.24) is 5.16 Å². The number of rotatable bonds is 4. The molecule has 1 aromatic heterocycles. The van der Waals surface area contributed by atoms with E-state index in [0.717, 1.165) is 17.0 Å². The van der Waals surface area contributed by atoms with Gasteiger partial charge in [0.2, 0.25) is 0 Å². The number of para-hydroxylation sites is 1. The van der Waals surface area contributed by atoms with E-state index in [-0.39, 0.29) is 0 Å². The molecule has 0 fully saturated rings. The van der Waals surface area contributed by atoms with Gasteiger partial charge in [0.1, 0.15) is 11.5 Å². The van der Waals surface area contributed by atoms with Gasteiger partial charge in [-0.25, -0.2) is 0 Å². The van der Waals surface area contributed by atoms with Crippen LogP contribution in [0.3, 0.4) is 0 Å². The second kappa shape index (κ2) is 5.23. The lowest BCUT2D eigenvalue weighted by atomic mass is 10.1. The molecule has 0 saturated heterocycles. The third kappa shape index (κ3) is 2.29. The van der Waals surface area contributed by atoms with Crippen molar-refractivity contribution in [2.75, 3.05) is 14.2 Å². The summed E-state index contributed by atoms with van der Waals surface area (Å²) in [6, 6.07) is 7.51. The maximum atomic E-state index is 5.35. The second-order valence-electron chi connectivity index (χ2n) is 3.35. The number of alkyl halides is 1. The van der Waals surface area contributed by atoms with Crippen LogP contribution in [0.2, 0.25) is 0 Å². The Morgan fingerprint density at radius 2 is 2.12 bits per heavy atom. The number of methoxy groups -OCH3 is 2. The van der Waals surface area contributed by atoms with Gasteiger partial charge >= 0.3 is 0 Å². The molecule has 0 bridgehead atoms. The average molecular weight is 298 g/mol. The first-order valence-corrected chi connectivity index (χ1v) is 6.15. The molecule has 0 saturated carbocycles. The zero-order valence-electron chi connectivity index (χ0n) is 9.57. The third-order valence-corrected chi connectivity index (χ3v) is 2.92. The standard InChI is InChI=1S/C12H12BrNO3/c1-15-11-5-3-4-9(12(11)16-2)10-6-8(7-13)17-14-10/h3-6H,7H2,1-2H3. The Morgan fingerprint density at radius 3 is 2.71 bits per heavy atom. The lowest BCUT2D eigenvalue weighted by Crippen LogP contribution is -1.93. The minimum Gasteiger partial charge on any atom is -0.493 e. The number of halogens is 1. The molecule has 2 rings (SSSR count). The van der Waals surface area contributed by atoms with Crippen molar-refractivity contribution in [3.63, 3.8) is 0 Å². The van der Waals surface area contributed by atoms with Gasteiger partial charge in [-0.05, 0) is 12.1 Å². The van der Waals surface area contributed by atoms with Crippen LogP contribution in [0.25, 0.3) is 11.3 Å². The fraction of sp³-hybridized carbons (Fsp3) is 0.250. The van der Waals surface area contributed by atoms with Gasteiger partial charge in [0, 0.05) is 11.6 Å². The highest BCUT2D eigenvalue weighted by Gasteiger charge is 2.14. The van der Waals surface area contributed by atoms with Gasteiger partial charge in [0.15, 0.2) is 11.5 Å². The molecule has 1 aromatic carbocycles. The van der Waals surface area contributed by atoms with Crippen molar-refractivity contribution in [1.29, 1.82) is 0 Å². The fourth-order valence-electron chi connectivity index (χ4n) is 1.59. The monoisotopic (exact) mass is 297 g/mol. The third-order valence-electron chi connectivity index (χ3n) is 2.37. The number of aromatic nitrogens is 1. The quantitative estimate of drug-likeness (QED) is 0.813. The van der Waals surface area contributed by atoms with Crippen LogP contribution in [0.15, 0.2) is 28.8 Å². The first-order chi connectivity index (χ1) is 8.30. The number of hydrogen-bond acceptors (Lipinski definition) is 4. The number of ether oxygens (including phenoxy) is 2. The zero-order chi connectivity index (χ0) is 12.3. The van der Waals surface area contributed by atoms with Gasteiger partial charge < -0.3 is 14.0 Å². The average Bonchev–Trinajstić information content (AvgIpc) is 2.86. The van der Waals surface area contributed by atoms with Crippen molar-refractivity contribution >= 4 is 15.9 Å². The van der Waals surface area contributed by atoms with Gasteiger partial charge in [-0.2, -0.15) is 0 Å². The predicted octanol–water partition coefficient (Wildman–Crippen LogP) is 3.25. The van der Waals surface area contributed by atoms with Crippen LogP contribution < -0.4 is 9.47 Å². The van der Waals surface area contributed by atoms with E-state index in [9.17, 15) is 0 Å². The molecule has 5 heteroatoms. The van der Waals surface area contributed by atoms with Crippen LogP contribution in [0.1, 0.15) is 5.76 Å². The SMILES string of the molecule is COc1cccc(-c2cc(CBr)on2)c1OC. The summed E-state index contributed by atoms with van der Waals surface area (Å²) in [5.41, 5.74) is 1.58. The zero-order valence-corrected chi connectivity index (χ0v) is 11.2. The largest absolute Gasteiger partial charge is 0.493 e. The Labute approximate surface area is 108 Å². The molecule has 0 unspecified atom stereocenters. The Bertz CT molecular complexity index is 510. The Hall–Kier alpha value is -1.49. The maximum Gasteiger partial charge on any atom is 0.170 e. The molecular formula is C12H12BrNO3. The van der Waals surface area contributed by atoms with Gasteiger partial charge in [-0.3, -0.25) is 0 Å². The summed E-state index contributed by atoms with van der Waals surface area (Å²) in [4.78, 5) is 0. The minimum atomic E-state index is 0.631. The number of nitrogens with zero attached hydrogens (tertiary/aromatic N) is 1. The molecule has 90 valence electrons. The highest BCUT2D eigenvalue weighted by molar-refractivity contribution is 9.08. The van der Waals surface area contributed by atoms with Gasteiger partial charge in [0.05, 0.1) is 19.5 Å². The summed E-state index contributed by atoms with van der Waals surface area (Å²) in [6.07, 6.45) is 0. The van der Waals surface area contributed by atoms with Gasteiger partial charge in [-0.1, -0.05) is 27.2 Å². The van der Waals surface area contributed by atoms with Crippen LogP contribution in [0, 0.1) is 0 Å². The molecular weight excluding hydrogens is 286 g/mol. The minimum absolute atomic E-state index is 0.631. The Balaban J connectivity index is 2.50. The highest BCUT2D eigenvalue weighted by atomic mass is 79.9. The fourth-order valence-corrected chi connectivity index (χ4v) is 1.86. The van der Waals surface area contributed by atoms with Crippen molar-refractivity contribution in [3.8, 4) is 22.8 Å². The van der Waals surface area contributed by atoms with E-state index < -0.39 is 0 Å². The Kier molecular flexibility index (Phi) is 3.68. The van der Waals surface area contributed by atoms with Crippen molar-refractivity contribution < 1.29 is 14.0 Å². The number of benzene rings is 1. The summed E-state index contributed by atoms with van der Waals surface area (Å²) >= 11 is 3.32. The predicted molar refractivity (Wildman–Crippen MR) is 67.7 cm³/mol. The van der Waals surface area contributed by atoms with E-state index in [2.05, 4.69) is 21.1 Å². The normalized spacial score (nSPS) is 10.3. The summed E-state index contributed by atoms with van der Waals surface area (Å²) in [5.74, 6) is 2.10. The van der Waals surface area contributed by atoms with E-state index >= 15 is 0 Å². The van der Waals surface area contributed by atoms with Crippen molar-refractivity contribution in [3.05, 3.63) is 30.0 Å². The maximum absolute atomic E-state index is 5.35. The molecule has 0 amide bonds. The first kappa shape index (κ1) is 12.0. The topological polar surface area (TPSA) is 44.5 Å². The van der Waals surface area contributed by atoms with Crippen LogP contribution in [-0.4, -0.2) is 19.4 Å². The Morgan fingerprint density at radius 1 is 1.29 bits per heavy atom. The molecule has 4 nitrogen and oxygen atoms in total. The summed E-state index contributed by atoms with van der Waals surface area (Å²) in [7, 11) is 3.21. The molecule has 0 aliphatic carbocycles. The van der Waals surface area contributed by atoms with E-state index in [4.69, 9.17) is 14.0 Å². The summed E-state index contributed by atoms with van der Waals surface area (Å²) in [5, 5.41) is 4.63. The molecule has 0 spiro atoms. The van der Waals surface area contributed by atoms with Crippen LogP contribution in [-0.2, 0) is 5.33 Å². The lowest BCUT2D eigenvalue weighted by molar-refractivity contribution is 0.355. The van der Waals surface area contributed by atoms with Crippen LogP contribution >= 0.6 is 15.9 Å². The molecule has 0 radical (unpaired) electrons. The summed E-state index contributed by atoms with van der Waals surface area (Å²) in [6.45, 7) is 0. The van der Waals surface area contributed by atoms with Crippen LogP contribution in [0.4, 0.5) is 0 Å². The molecule has 17 heavy (non-hydrogen) atoms. The molecule has 1 heterocycles. The van der Waals surface area contributed by atoms with E-state index in [1.807, 2.05) is 24.3 Å². The molecule has 2 aromatic rings. The van der Waals surface area contributed by atoms with E-state index in [0.29, 0.717) is 16.8 Å². The smallest absolute Gasteiger partial charge is 0.170 e. The first-order valence-electron chi connectivity index (χ1n) is 5.03. The van der Waals surface area contributed by atoms with Crippen molar-refractivity contribution in [2.24, 2.45) is 0 Å². The van der Waals surface area contributed by atoms with E-state index in [1.165, 1.54) is 0 Å². The molecule has 0 aliphatic rings. The van der Waals surface area contributed by atoms with Crippen LogP contribution in [0.5, 0.6) is 11.5 Å². The van der Waals surface area contributed by atoms with Crippen molar-refractivity contribution in [2.45, 2.75) is 5.33 Å². The van der Waals surface area contributed by atoms with E-state index in [1.54, 1.807) is 14.2 Å². The van der Waals surface area contributed by atoms with Gasteiger partial charge in [-0.15, -0.1) is 0 Å². The lowest BCUT2D eigenvalue weighted by Gasteiger charge is -2.10. The highest BCUT2D eigenvalue weighted by Crippen LogP contribution is 2.37. The molecule has 0 atom stereocenters. The number of hydrogen-bond donors (Lipinski definition) is 0. The second-order valence-corrected chi connectivity index (χ2v) is 3.91. The molecule has 0 aliphatic heterocycles.